The lowest BCUT2D eigenvalue weighted by Gasteiger charge is -2.22. The first kappa shape index (κ1) is 23.1. The molecule has 0 unspecified atom stereocenters. The molecule has 7 heteroatoms. The van der Waals surface area contributed by atoms with Crippen molar-refractivity contribution in [2.24, 2.45) is 0 Å². The zero-order valence-electron chi connectivity index (χ0n) is 17.4. The zero-order chi connectivity index (χ0) is 22.0. The molecule has 7 nitrogen and oxygen atoms in total. The molecule has 1 fully saturated rings. The lowest BCUT2D eigenvalue weighted by Crippen LogP contribution is -2.45. The Balaban J connectivity index is 2.04. The molecule has 1 heterocycles. The van der Waals surface area contributed by atoms with Crippen LogP contribution in [0.25, 0.3) is 0 Å². The number of epoxide rings is 1. The van der Waals surface area contributed by atoms with Crippen molar-refractivity contribution < 1.29 is 28.6 Å². The van der Waals surface area contributed by atoms with E-state index in [2.05, 4.69) is 10.1 Å². The highest BCUT2D eigenvalue weighted by Crippen LogP contribution is 2.33. The fourth-order valence-corrected chi connectivity index (χ4v) is 2.64. The van der Waals surface area contributed by atoms with Gasteiger partial charge in [0, 0.05) is 19.4 Å². The summed E-state index contributed by atoms with van der Waals surface area (Å²) in [5, 5.41) is 2.66. The summed E-state index contributed by atoms with van der Waals surface area (Å²) in [6.45, 7) is 3.67. The maximum atomic E-state index is 12.8. The van der Waals surface area contributed by atoms with Gasteiger partial charge in [-0.15, -0.1) is 0 Å². The van der Waals surface area contributed by atoms with E-state index in [4.69, 9.17) is 9.47 Å². The molecule has 0 aromatic heterocycles. The summed E-state index contributed by atoms with van der Waals surface area (Å²) in [4.78, 5) is 35.4. The van der Waals surface area contributed by atoms with Crippen molar-refractivity contribution in [2.45, 2.75) is 38.0 Å². The Morgan fingerprint density at radius 1 is 1.17 bits per heavy atom. The second-order valence-electron chi connectivity index (χ2n) is 7.05. The monoisotopic (exact) mass is 413 g/mol. The number of hydrogen-bond donors (Lipinski definition) is 1. The number of carbonyl (C=O) groups is 3. The number of carbonyl (C=O) groups excluding carboxylic acids is 3. The van der Waals surface area contributed by atoms with Gasteiger partial charge in [0.15, 0.2) is 6.10 Å². The summed E-state index contributed by atoms with van der Waals surface area (Å²) in [6.07, 6.45) is 9.29. The summed E-state index contributed by atoms with van der Waals surface area (Å²) in [5.41, 5.74) is 0.310. The highest BCUT2D eigenvalue weighted by atomic mass is 16.6. The zero-order valence-corrected chi connectivity index (χ0v) is 17.4. The van der Waals surface area contributed by atoms with Crippen LogP contribution < -0.4 is 5.32 Å². The predicted molar refractivity (Wildman–Crippen MR) is 111 cm³/mol. The maximum Gasteiger partial charge on any atom is 0.330 e. The average molecular weight is 413 g/mol. The summed E-state index contributed by atoms with van der Waals surface area (Å²) in [5.74, 6) is -1.29. The van der Waals surface area contributed by atoms with Gasteiger partial charge in [-0.1, -0.05) is 54.6 Å². The van der Waals surface area contributed by atoms with Gasteiger partial charge >= 0.3 is 11.9 Å². The number of esters is 2. The Hall–Kier alpha value is -3.19. The van der Waals surface area contributed by atoms with Crippen molar-refractivity contribution in [2.75, 3.05) is 13.7 Å². The third-order valence-electron chi connectivity index (χ3n) is 4.44. The largest absolute Gasteiger partial charge is 0.466 e. The van der Waals surface area contributed by atoms with E-state index in [-0.39, 0.29) is 5.91 Å². The molecule has 1 aliphatic rings. The average Bonchev–Trinajstić information content (AvgIpc) is 3.47. The van der Waals surface area contributed by atoms with Crippen molar-refractivity contribution in [3.05, 3.63) is 72.4 Å². The summed E-state index contributed by atoms with van der Waals surface area (Å²) < 4.78 is 15.6. The van der Waals surface area contributed by atoms with Crippen LogP contribution in [0.5, 0.6) is 0 Å². The van der Waals surface area contributed by atoms with Crippen LogP contribution in [0.15, 0.2) is 66.8 Å². The normalized spacial score (nSPS) is 20.2. The molecule has 3 atom stereocenters. The Bertz CT molecular complexity index is 823. The second kappa shape index (κ2) is 11.1. The van der Waals surface area contributed by atoms with Crippen LogP contribution in [0.3, 0.4) is 0 Å². The van der Waals surface area contributed by atoms with Crippen molar-refractivity contribution in [3.63, 3.8) is 0 Å². The Morgan fingerprint density at radius 3 is 2.43 bits per heavy atom. The standard InChI is InChI=1S/C23H27NO6/c1-17(25)24-19(15-18-11-7-6-8-12-18)22(27)30-20(23(2)16-29-23)13-9-4-5-10-14-21(26)28-3/h4-14,19-20H,15-16H2,1-3H3,(H,24,25)/b5-4-,13-9+,14-10+/t19-,20+,23+/m0/s1. The van der Waals surface area contributed by atoms with Crippen LogP contribution >= 0.6 is 0 Å². The summed E-state index contributed by atoms with van der Waals surface area (Å²) in [7, 11) is 1.30. The molecule has 1 amide bonds. The number of ether oxygens (including phenoxy) is 3. The molecule has 1 saturated heterocycles. The van der Waals surface area contributed by atoms with Gasteiger partial charge in [0.1, 0.15) is 11.6 Å². The fourth-order valence-electron chi connectivity index (χ4n) is 2.64. The molecular weight excluding hydrogens is 386 g/mol. The topological polar surface area (TPSA) is 94.2 Å². The quantitative estimate of drug-likeness (QED) is 0.274. The van der Waals surface area contributed by atoms with Gasteiger partial charge in [0.25, 0.3) is 0 Å². The van der Waals surface area contributed by atoms with Gasteiger partial charge in [-0.05, 0) is 18.6 Å². The smallest absolute Gasteiger partial charge is 0.330 e. The van der Waals surface area contributed by atoms with Crippen LogP contribution in [0.4, 0.5) is 0 Å². The molecule has 2 rings (SSSR count). The Morgan fingerprint density at radius 2 is 1.83 bits per heavy atom. The Kier molecular flexibility index (Phi) is 8.55. The SMILES string of the molecule is COC(=O)/C=C/C=C\C=C\[C@@H](OC(=O)[C@H](Cc1ccccc1)NC(C)=O)[C@@]1(C)CO1. The van der Waals surface area contributed by atoms with E-state index in [1.54, 1.807) is 30.4 Å². The van der Waals surface area contributed by atoms with E-state index in [1.165, 1.54) is 20.1 Å². The molecule has 0 radical (unpaired) electrons. The molecule has 1 aliphatic heterocycles. The Labute approximate surface area is 176 Å². The number of amides is 1. The van der Waals surface area contributed by atoms with Crippen LogP contribution in [0, 0.1) is 0 Å². The molecule has 1 aromatic rings. The molecule has 0 spiro atoms. The van der Waals surface area contributed by atoms with Crippen molar-refractivity contribution in [1.82, 2.24) is 5.32 Å². The van der Waals surface area contributed by atoms with Crippen molar-refractivity contribution in [3.8, 4) is 0 Å². The van der Waals surface area contributed by atoms with Gasteiger partial charge in [-0.2, -0.15) is 0 Å². The van der Waals surface area contributed by atoms with E-state index in [0.29, 0.717) is 13.0 Å². The van der Waals surface area contributed by atoms with Crippen LogP contribution in [-0.4, -0.2) is 49.3 Å². The van der Waals surface area contributed by atoms with E-state index in [9.17, 15) is 14.4 Å². The number of nitrogens with one attached hydrogen (secondary N) is 1. The number of benzene rings is 1. The van der Waals surface area contributed by atoms with Gasteiger partial charge < -0.3 is 19.5 Å². The van der Waals surface area contributed by atoms with Crippen molar-refractivity contribution in [1.29, 1.82) is 0 Å². The number of hydrogen-bond acceptors (Lipinski definition) is 6. The van der Waals surface area contributed by atoms with Gasteiger partial charge in [0.2, 0.25) is 5.91 Å². The highest BCUT2D eigenvalue weighted by Gasteiger charge is 2.48. The first-order valence-electron chi connectivity index (χ1n) is 9.59. The maximum absolute atomic E-state index is 12.8. The third-order valence-corrected chi connectivity index (χ3v) is 4.44. The fraction of sp³-hybridized carbons (Fsp3) is 0.348. The lowest BCUT2D eigenvalue weighted by atomic mass is 10.0. The number of methoxy groups -OCH3 is 1. The molecule has 160 valence electrons. The van der Waals surface area contributed by atoms with E-state index in [0.717, 1.165) is 5.56 Å². The van der Waals surface area contributed by atoms with Gasteiger partial charge in [-0.25, -0.2) is 9.59 Å². The molecule has 0 aliphatic carbocycles. The second-order valence-corrected chi connectivity index (χ2v) is 7.05. The molecule has 1 aromatic carbocycles. The van der Waals surface area contributed by atoms with Gasteiger partial charge in [-0.3, -0.25) is 4.79 Å². The molecular formula is C23H27NO6. The molecule has 1 N–H and O–H groups in total. The van der Waals surface area contributed by atoms with Crippen molar-refractivity contribution >= 4 is 17.8 Å². The number of rotatable bonds is 10. The predicted octanol–water partition coefficient (Wildman–Crippen LogP) is 2.28. The first-order chi connectivity index (χ1) is 14.3. The summed E-state index contributed by atoms with van der Waals surface area (Å²) >= 11 is 0. The van der Waals surface area contributed by atoms with E-state index in [1.807, 2.05) is 37.3 Å². The molecule has 0 saturated carbocycles. The van der Waals surface area contributed by atoms with Crippen LogP contribution in [0.1, 0.15) is 19.4 Å². The number of allylic oxidation sites excluding steroid dienone is 4. The minimum atomic E-state index is -0.804. The minimum Gasteiger partial charge on any atom is -0.466 e. The molecule has 0 bridgehead atoms. The van der Waals surface area contributed by atoms with Gasteiger partial charge in [0.05, 0.1) is 13.7 Å². The first-order valence-corrected chi connectivity index (χ1v) is 9.59. The highest BCUT2D eigenvalue weighted by molar-refractivity contribution is 5.83. The van der Waals surface area contributed by atoms with Crippen LogP contribution in [0.2, 0.25) is 0 Å². The third kappa shape index (κ3) is 7.67. The van der Waals surface area contributed by atoms with E-state index >= 15 is 0 Å². The van der Waals surface area contributed by atoms with E-state index < -0.39 is 29.7 Å². The minimum absolute atomic E-state index is 0.311. The molecule has 30 heavy (non-hydrogen) atoms. The summed E-state index contributed by atoms with van der Waals surface area (Å²) in [6, 6.07) is 8.60. The lowest BCUT2D eigenvalue weighted by molar-refractivity contribution is -0.153. The van der Waals surface area contributed by atoms with Crippen LogP contribution in [-0.2, 0) is 35.0 Å².